The molecule has 0 unspecified atom stereocenters. The van der Waals surface area contributed by atoms with Crippen LogP contribution in [-0.4, -0.2) is 34.5 Å². The molecular formula is C14H23NO3. The maximum absolute atomic E-state index is 12.3. The van der Waals surface area contributed by atoms with E-state index in [0.29, 0.717) is 0 Å². The molecule has 1 amide bonds. The SMILES string of the molecule is CN(C(=O)C1CCC(=CC(=O)O)CC1)C(C)(C)C. The number of hydrogen-bond acceptors (Lipinski definition) is 2. The van der Waals surface area contributed by atoms with Crippen LogP contribution in [0.15, 0.2) is 11.6 Å². The maximum atomic E-state index is 12.3. The molecule has 0 aromatic rings. The van der Waals surface area contributed by atoms with Gasteiger partial charge in [-0.3, -0.25) is 4.79 Å². The van der Waals surface area contributed by atoms with Crippen LogP contribution in [0.25, 0.3) is 0 Å². The fourth-order valence-electron chi connectivity index (χ4n) is 2.16. The molecule has 1 fully saturated rings. The van der Waals surface area contributed by atoms with Gasteiger partial charge in [0.25, 0.3) is 0 Å². The molecule has 1 saturated carbocycles. The van der Waals surface area contributed by atoms with Gasteiger partial charge in [-0.25, -0.2) is 4.79 Å². The summed E-state index contributed by atoms with van der Waals surface area (Å²) in [6.45, 7) is 6.05. The first-order valence-corrected chi connectivity index (χ1v) is 6.42. The number of carboxylic acid groups (broad SMARTS) is 1. The Morgan fingerprint density at radius 2 is 1.78 bits per heavy atom. The summed E-state index contributed by atoms with van der Waals surface area (Å²) in [5, 5.41) is 8.68. The summed E-state index contributed by atoms with van der Waals surface area (Å²) < 4.78 is 0. The van der Waals surface area contributed by atoms with E-state index in [-0.39, 0.29) is 17.4 Å². The predicted octanol–water partition coefficient (Wildman–Crippen LogP) is 2.44. The topological polar surface area (TPSA) is 57.6 Å². The van der Waals surface area contributed by atoms with Crippen LogP contribution >= 0.6 is 0 Å². The van der Waals surface area contributed by atoms with Crippen molar-refractivity contribution in [2.24, 2.45) is 5.92 Å². The van der Waals surface area contributed by atoms with Gasteiger partial charge >= 0.3 is 5.97 Å². The lowest BCUT2D eigenvalue weighted by Gasteiger charge is -2.36. The second-order valence-electron chi connectivity index (χ2n) is 5.98. The lowest BCUT2D eigenvalue weighted by Crippen LogP contribution is -2.45. The molecule has 0 aliphatic heterocycles. The third-order valence-electron chi connectivity index (χ3n) is 3.64. The number of rotatable bonds is 2. The highest BCUT2D eigenvalue weighted by Gasteiger charge is 2.30. The van der Waals surface area contributed by atoms with Gasteiger partial charge in [0.05, 0.1) is 0 Å². The van der Waals surface area contributed by atoms with Gasteiger partial charge in [0.2, 0.25) is 5.91 Å². The minimum atomic E-state index is -0.887. The van der Waals surface area contributed by atoms with Crippen LogP contribution in [0, 0.1) is 5.92 Å². The fourth-order valence-corrected chi connectivity index (χ4v) is 2.16. The van der Waals surface area contributed by atoms with Crippen LogP contribution in [0.2, 0.25) is 0 Å². The Kier molecular flexibility index (Phi) is 4.54. The van der Waals surface area contributed by atoms with E-state index in [2.05, 4.69) is 0 Å². The summed E-state index contributed by atoms with van der Waals surface area (Å²) in [5.41, 5.74) is 0.791. The molecule has 1 aliphatic rings. The van der Waals surface area contributed by atoms with Crippen molar-refractivity contribution in [3.05, 3.63) is 11.6 Å². The van der Waals surface area contributed by atoms with Crippen LogP contribution < -0.4 is 0 Å². The number of nitrogens with zero attached hydrogens (tertiary/aromatic N) is 1. The average molecular weight is 253 g/mol. The van der Waals surface area contributed by atoms with Crippen LogP contribution in [0.4, 0.5) is 0 Å². The van der Waals surface area contributed by atoms with Crippen molar-refractivity contribution >= 4 is 11.9 Å². The number of amides is 1. The van der Waals surface area contributed by atoms with E-state index >= 15 is 0 Å². The summed E-state index contributed by atoms with van der Waals surface area (Å²) in [5.74, 6) is -0.668. The van der Waals surface area contributed by atoms with Crippen LogP contribution in [0.3, 0.4) is 0 Å². The third-order valence-corrected chi connectivity index (χ3v) is 3.64. The second-order valence-corrected chi connectivity index (χ2v) is 5.98. The van der Waals surface area contributed by atoms with E-state index < -0.39 is 5.97 Å². The molecule has 0 saturated heterocycles. The van der Waals surface area contributed by atoms with Crippen molar-refractivity contribution in [1.29, 1.82) is 0 Å². The molecule has 1 aliphatic carbocycles. The Balaban J connectivity index is 2.58. The minimum absolute atomic E-state index is 0.0418. The molecule has 4 nitrogen and oxygen atoms in total. The van der Waals surface area contributed by atoms with Crippen molar-refractivity contribution in [1.82, 2.24) is 4.90 Å². The zero-order chi connectivity index (χ0) is 13.9. The summed E-state index contributed by atoms with van der Waals surface area (Å²) in [6.07, 6.45) is 4.26. The van der Waals surface area contributed by atoms with Crippen LogP contribution in [0.5, 0.6) is 0 Å². The van der Waals surface area contributed by atoms with Gasteiger partial charge in [-0.2, -0.15) is 0 Å². The number of allylic oxidation sites excluding steroid dienone is 1. The molecular weight excluding hydrogens is 230 g/mol. The molecule has 0 radical (unpaired) electrons. The Labute approximate surface area is 109 Å². The Morgan fingerprint density at radius 1 is 1.28 bits per heavy atom. The van der Waals surface area contributed by atoms with E-state index in [4.69, 9.17) is 5.11 Å². The van der Waals surface area contributed by atoms with E-state index in [0.717, 1.165) is 31.3 Å². The molecule has 1 N–H and O–H groups in total. The fraction of sp³-hybridized carbons (Fsp3) is 0.714. The summed E-state index contributed by atoms with van der Waals surface area (Å²) in [6, 6.07) is 0. The second kappa shape index (κ2) is 5.55. The monoisotopic (exact) mass is 253 g/mol. The van der Waals surface area contributed by atoms with E-state index in [1.165, 1.54) is 6.08 Å². The van der Waals surface area contributed by atoms with E-state index in [9.17, 15) is 9.59 Å². The lowest BCUT2D eigenvalue weighted by molar-refractivity contribution is -0.139. The molecule has 1 rings (SSSR count). The van der Waals surface area contributed by atoms with Crippen LogP contribution in [0.1, 0.15) is 46.5 Å². The average Bonchev–Trinajstić information content (AvgIpc) is 2.26. The molecule has 0 atom stereocenters. The Morgan fingerprint density at radius 3 is 2.17 bits per heavy atom. The molecule has 102 valence electrons. The number of aliphatic carboxylic acids is 1. The third kappa shape index (κ3) is 3.86. The summed E-state index contributed by atoms with van der Waals surface area (Å²) in [7, 11) is 1.84. The zero-order valence-electron chi connectivity index (χ0n) is 11.7. The lowest BCUT2D eigenvalue weighted by atomic mass is 9.84. The van der Waals surface area contributed by atoms with Crippen molar-refractivity contribution < 1.29 is 14.7 Å². The molecule has 0 bridgehead atoms. The van der Waals surface area contributed by atoms with Crippen molar-refractivity contribution in [3.63, 3.8) is 0 Å². The van der Waals surface area contributed by atoms with Gasteiger partial charge in [0, 0.05) is 24.6 Å². The zero-order valence-corrected chi connectivity index (χ0v) is 11.7. The minimum Gasteiger partial charge on any atom is -0.478 e. The van der Waals surface area contributed by atoms with Crippen molar-refractivity contribution in [3.8, 4) is 0 Å². The highest BCUT2D eigenvalue weighted by molar-refractivity contribution is 5.81. The first kappa shape index (κ1) is 14.7. The van der Waals surface area contributed by atoms with Gasteiger partial charge in [-0.15, -0.1) is 0 Å². The highest BCUT2D eigenvalue weighted by Crippen LogP contribution is 2.30. The Hall–Kier alpha value is -1.32. The number of carboxylic acids is 1. The largest absolute Gasteiger partial charge is 0.478 e. The summed E-state index contributed by atoms with van der Waals surface area (Å²) in [4.78, 5) is 24.6. The highest BCUT2D eigenvalue weighted by atomic mass is 16.4. The van der Waals surface area contributed by atoms with Gasteiger partial charge in [-0.1, -0.05) is 5.57 Å². The van der Waals surface area contributed by atoms with Gasteiger partial charge in [0.1, 0.15) is 0 Å². The number of hydrogen-bond donors (Lipinski definition) is 1. The van der Waals surface area contributed by atoms with Crippen molar-refractivity contribution in [2.75, 3.05) is 7.05 Å². The molecule has 0 heterocycles. The predicted molar refractivity (Wildman–Crippen MR) is 70.2 cm³/mol. The summed E-state index contributed by atoms with van der Waals surface area (Å²) >= 11 is 0. The molecule has 4 heteroatoms. The molecule has 0 aromatic heterocycles. The number of carbonyl (C=O) groups excluding carboxylic acids is 1. The first-order chi connectivity index (χ1) is 8.21. The standard InChI is InChI=1S/C14H23NO3/c1-14(2,3)15(4)13(18)11-7-5-10(6-8-11)9-12(16)17/h9,11H,5-8H2,1-4H3,(H,16,17). The maximum Gasteiger partial charge on any atom is 0.328 e. The van der Waals surface area contributed by atoms with Crippen molar-refractivity contribution in [2.45, 2.75) is 52.0 Å². The quantitative estimate of drug-likeness (QED) is 0.769. The smallest absolute Gasteiger partial charge is 0.328 e. The molecule has 0 aromatic carbocycles. The number of carbonyl (C=O) groups is 2. The van der Waals surface area contributed by atoms with Gasteiger partial charge in [0.15, 0.2) is 0 Å². The normalized spacial score (nSPS) is 20.4. The molecule has 0 spiro atoms. The van der Waals surface area contributed by atoms with Gasteiger partial charge < -0.3 is 10.0 Å². The molecule has 18 heavy (non-hydrogen) atoms. The Bertz CT molecular complexity index is 356. The van der Waals surface area contributed by atoms with E-state index in [1.807, 2.05) is 27.8 Å². The van der Waals surface area contributed by atoms with E-state index in [1.54, 1.807) is 4.90 Å². The van der Waals surface area contributed by atoms with Crippen LogP contribution in [-0.2, 0) is 9.59 Å². The van der Waals surface area contributed by atoms with Gasteiger partial charge in [-0.05, 0) is 46.5 Å². The first-order valence-electron chi connectivity index (χ1n) is 6.42.